The zero-order valence-electron chi connectivity index (χ0n) is 9.70. The maximum atomic E-state index is 6.13. The molecule has 2 unspecified atom stereocenters. The normalized spacial score (nSPS) is 18.2. The first-order chi connectivity index (χ1) is 6.16. The smallest absolute Gasteiger partial charge is 0.0282 e. The second-order valence-corrected chi connectivity index (χ2v) is 4.53. The zero-order chi connectivity index (χ0) is 10.3. The zero-order valence-corrected chi connectivity index (χ0v) is 10.5. The van der Waals surface area contributed by atoms with Gasteiger partial charge in [-0.1, -0.05) is 47.0 Å². The second-order valence-electron chi connectivity index (χ2n) is 4.26. The molecule has 0 aromatic rings. The van der Waals surface area contributed by atoms with Crippen LogP contribution in [-0.2, 0) is 0 Å². The van der Waals surface area contributed by atoms with Crippen LogP contribution < -0.4 is 0 Å². The molecule has 0 radical (unpaired) electrons. The Morgan fingerprint density at radius 3 is 2.15 bits per heavy atom. The molecule has 0 amide bonds. The molecule has 0 fully saturated rings. The van der Waals surface area contributed by atoms with Crippen molar-refractivity contribution in [2.75, 3.05) is 5.88 Å². The van der Waals surface area contributed by atoms with Crippen molar-refractivity contribution in [3.8, 4) is 0 Å². The highest BCUT2D eigenvalue weighted by molar-refractivity contribution is 6.18. The first kappa shape index (κ1) is 13.3. The topological polar surface area (TPSA) is 0 Å². The lowest BCUT2D eigenvalue weighted by Crippen LogP contribution is -2.30. The van der Waals surface area contributed by atoms with Gasteiger partial charge in [-0.3, -0.25) is 0 Å². The van der Waals surface area contributed by atoms with Crippen LogP contribution in [0.15, 0.2) is 0 Å². The standard InChI is InChI=1S/C12H25Cl/c1-5-8-9-12(7-3,10-13)11(4)6-2/h11H,5-10H2,1-4H3. The molecule has 0 rings (SSSR count). The summed E-state index contributed by atoms with van der Waals surface area (Å²) in [5.41, 5.74) is 0.409. The Kier molecular flexibility index (Phi) is 6.85. The van der Waals surface area contributed by atoms with Crippen LogP contribution in [0.4, 0.5) is 0 Å². The summed E-state index contributed by atoms with van der Waals surface area (Å²) in [7, 11) is 0. The minimum atomic E-state index is 0.409. The average Bonchev–Trinajstić information content (AvgIpc) is 2.19. The van der Waals surface area contributed by atoms with Crippen molar-refractivity contribution in [3.63, 3.8) is 0 Å². The van der Waals surface area contributed by atoms with E-state index in [1.165, 1.54) is 32.1 Å². The highest BCUT2D eigenvalue weighted by Crippen LogP contribution is 2.39. The fraction of sp³-hybridized carbons (Fsp3) is 1.00. The van der Waals surface area contributed by atoms with E-state index in [0.717, 1.165) is 11.8 Å². The Hall–Kier alpha value is 0.290. The summed E-state index contributed by atoms with van der Waals surface area (Å²) in [5, 5.41) is 0. The van der Waals surface area contributed by atoms with E-state index in [-0.39, 0.29) is 0 Å². The summed E-state index contributed by atoms with van der Waals surface area (Å²) >= 11 is 6.13. The molecular weight excluding hydrogens is 180 g/mol. The molecule has 0 saturated heterocycles. The molecule has 0 spiro atoms. The van der Waals surface area contributed by atoms with E-state index in [0.29, 0.717) is 5.41 Å². The highest BCUT2D eigenvalue weighted by Gasteiger charge is 2.31. The summed E-state index contributed by atoms with van der Waals surface area (Å²) in [4.78, 5) is 0. The molecule has 0 bridgehead atoms. The van der Waals surface area contributed by atoms with Crippen LogP contribution >= 0.6 is 11.6 Å². The molecule has 0 aliphatic heterocycles. The van der Waals surface area contributed by atoms with Gasteiger partial charge in [-0.05, 0) is 24.2 Å². The van der Waals surface area contributed by atoms with Crippen molar-refractivity contribution in [3.05, 3.63) is 0 Å². The molecule has 0 aliphatic carbocycles. The number of hydrogen-bond acceptors (Lipinski definition) is 0. The Bertz CT molecular complexity index is 116. The molecule has 0 heterocycles. The van der Waals surface area contributed by atoms with Gasteiger partial charge in [0.2, 0.25) is 0 Å². The third kappa shape index (κ3) is 3.50. The van der Waals surface area contributed by atoms with Crippen molar-refractivity contribution in [2.24, 2.45) is 11.3 Å². The quantitative estimate of drug-likeness (QED) is 0.520. The SMILES string of the molecule is CCCCC(CC)(CCl)C(C)CC. The highest BCUT2D eigenvalue weighted by atomic mass is 35.5. The van der Waals surface area contributed by atoms with E-state index >= 15 is 0 Å². The Morgan fingerprint density at radius 2 is 1.85 bits per heavy atom. The van der Waals surface area contributed by atoms with Crippen LogP contribution in [0.2, 0.25) is 0 Å². The largest absolute Gasteiger partial charge is 0.126 e. The van der Waals surface area contributed by atoms with Crippen molar-refractivity contribution in [1.82, 2.24) is 0 Å². The predicted octanol–water partition coefficient (Wildman–Crippen LogP) is 4.86. The summed E-state index contributed by atoms with van der Waals surface area (Å²) in [6, 6.07) is 0. The number of rotatable bonds is 7. The fourth-order valence-corrected chi connectivity index (χ4v) is 2.61. The Labute approximate surface area is 89.1 Å². The number of halogens is 1. The molecule has 0 aliphatic rings. The van der Waals surface area contributed by atoms with Gasteiger partial charge in [0.05, 0.1) is 0 Å². The van der Waals surface area contributed by atoms with Crippen molar-refractivity contribution >= 4 is 11.6 Å². The van der Waals surface area contributed by atoms with E-state index in [9.17, 15) is 0 Å². The molecule has 0 N–H and O–H groups in total. The Balaban J connectivity index is 4.29. The van der Waals surface area contributed by atoms with Crippen LogP contribution in [0.25, 0.3) is 0 Å². The first-order valence-corrected chi connectivity index (χ1v) is 6.26. The van der Waals surface area contributed by atoms with Gasteiger partial charge in [0.1, 0.15) is 0 Å². The van der Waals surface area contributed by atoms with Gasteiger partial charge in [0, 0.05) is 5.88 Å². The van der Waals surface area contributed by atoms with E-state index in [1.54, 1.807) is 0 Å². The van der Waals surface area contributed by atoms with E-state index in [2.05, 4.69) is 27.7 Å². The average molecular weight is 205 g/mol. The lowest BCUT2D eigenvalue weighted by atomic mass is 9.71. The van der Waals surface area contributed by atoms with Crippen molar-refractivity contribution in [1.29, 1.82) is 0 Å². The first-order valence-electron chi connectivity index (χ1n) is 5.72. The van der Waals surface area contributed by atoms with E-state index < -0.39 is 0 Å². The van der Waals surface area contributed by atoms with Crippen LogP contribution in [0.5, 0.6) is 0 Å². The molecule has 0 nitrogen and oxygen atoms in total. The summed E-state index contributed by atoms with van der Waals surface area (Å²) in [5.74, 6) is 1.60. The minimum absolute atomic E-state index is 0.409. The van der Waals surface area contributed by atoms with Gasteiger partial charge < -0.3 is 0 Å². The molecule has 0 aromatic carbocycles. The van der Waals surface area contributed by atoms with Gasteiger partial charge in [0.15, 0.2) is 0 Å². The molecule has 0 aromatic heterocycles. The van der Waals surface area contributed by atoms with Gasteiger partial charge in [-0.15, -0.1) is 11.6 Å². The van der Waals surface area contributed by atoms with Crippen LogP contribution in [-0.4, -0.2) is 5.88 Å². The molecule has 2 atom stereocenters. The lowest BCUT2D eigenvalue weighted by Gasteiger charge is -2.36. The maximum absolute atomic E-state index is 6.13. The van der Waals surface area contributed by atoms with Gasteiger partial charge in [0.25, 0.3) is 0 Å². The van der Waals surface area contributed by atoms with E-state index in [1.807, 2.05) is 0 Å². The van der Waals surface area contributed by atoms with E-state index in [4.69, 9.17) is 11.6 Å². The lowest BCUT2D eigenvalue weighted by molar-refractivity contribution is 0.170. The summed E-state index contributed by atoms with van der Waals surface area (Å²) in [6.45, 7) is 9.16. The Morgan fingerprint density at radius 1 is 1.23 bits per heavy atom. The van der Waals surface area contributed by atoms with Gasteiger partial charge in [-0.2, -0.15) is 0 Å². The van der Waals surface area contributed by atoms with Crippen LogP contribution in [0.3, 0.4) is 0 Å². The van der Waals surface area contributed by atoms with Crippen LogP contribution in [0, 0.1) is 11.3 Å². The maximum Gasteiger partial charge on any atom is 0.0282 e. The molecule has 13 heavy (non-hydrogen) atoms. The van der Waals surface area contributed by atoms with Gasteiger partial charge in [-0.25, -0.2) is 0 Å². The predicted molar refractivity (Wildman–Crippen MR) is 62.4 cm³/mol. The monoisotopic (exact) mass is 204 g/mol. The van der Waals surface area contributed by atoms with Crippen molar-refractivity contribution < 1.29 is 0 Å². The summed E-state index contributed by atoms with van der Waals surface area (Å²) in [6.07, 6.45) is 6.40. The van der Waals surface area contributed by atoms with Gasteiger partial charge >= 0.3 is 0 Å². The molecular formula is C12H25Cl. The molecule has 1 heteroatoms. The minimum Gasteiger partial charge on any atom is -0.126 e. The third-order valence-electron chi connectivity index (χ3n) is 3.66. The number of hydrogen-bond donors (Lipinski definition) is 0. The third-order valence-corrected chi connectivity index (χ3v) is 4.19. The molecule has 0 saturated carbocycles. The number of unbranched alkanes of at least 4 members (excludes halogenated alkanes) is 1. The van der Waals surface area contributed by atoms with Crippen molar-refractivity contribution in [2.45, 2.75) is 59.8 Å². The second kappa shape index (κ2) is 6.70. The van der Waals surface area contributed by atoms with Crippen LogP contribution in [0.1, 0.15) is 59.8 Å². The molecule has 80 valence electrons. The number of alkyl halides is 1. The summed E-state index contributed by atoms with van der Waals surface area (Å²) < 4.78 is 0. The fourth-order valence-electron chi connectivity index (χ4n) is 2.03.